The molecule has 2 N–H and O–H groups in total. The van der Waals surface area contributed by atoms with Gasteiger partial charge >= 0.3 is 6.03 Å². The minimum Gasteiger partial charge on any atom is -0.378 e. The fourth-order valence-corrected chi connectivity index (χ4v) is 5.60. The normalized spacial score (nSPS) is 21.8. The molecule has 1 unspecified atom stereocenters. The molecule has 1 aliphatic carbocycles. The lowest BCUT2D eigenvalue weighted by atomic mass is 9.96. The topological polar surface area (TPSA) is 71.4 Å². The summed E-state index contributed by atoms with van der Waals surface area (Å²) in [5.41, 5.74) is 2.01. The number of hydrogen-bond acceptors (Lipinski definition) is 6. The Bertz CT molecular complexity index is 791. The number of hydroxylamine groups is 2. The van der Waals surface area contributed by atoms with Gasteiger partial charge in [0.15, 0.2) is 10.5 Å². The standard InChI is InChI=1S/C21H31N5O2S2/c1-21(2)18(26(28)19(27)23-16-8-6-5-7-9-16)25(20(29)30-21)22-14-15-10-12-17(13-11-15)24(3)4/h10-14,16,18,28H,5-9H2,1-4H3,(H,23,27)/b22-14+. The van der Waals surface area contributed by atoms with Crippen molar-refractivity contribution in [3.63, 3.8) is 0 Å². The summed E-state index contributed by atoms with van der Waals surface area (Å²) in [6.45, 7) is 3.90. The van der Waals surface area contributed by atoms with Crippen molar-refractivity contribution in [1.29, 1.82) is 0 Å². The van der Waals surface area contributed by atoms with Gasteiger partial charge in [-0.05, 0) is 44.4 Å². The van der Waals surface area contributed by atoms with E-state index in [1.54, 1.807) is 11.2 Å². The van der Waals surface area contributed by atoms with Gasteiger partial charge in [-0.1, -0.05) is 55.4 Å². The van der Waals surface area contributed by atoms with Crippen molar-refractivity contribution in [2.45, 2.75) is 62.9 Å². The maximum atomic E-state index is 12.7. The van der Waals surface area contributed by atoms with Crippen LogP contribution in [0.5, 0.6) is 0 Å². The molecule has 0 radical (unpaired) electrons. The fourth-order valence-electron chi connectivity index (χ4n) is 3.81. The smallest absolute Gasteiger partial charge is 0.343 e. The van der Waals surface area contributed by atoms with E-state index in [0.29, 0.717) is 4.32 Å². The van der Waals surface area contributed by atoms with Crippen LogP contribution in [0.15, 0.2) is 29.4 Å². The summed E-state index contributed by atoms with van der Waals surface area (Å²) in [5.74, 6) is 0. The van der Waals surface area contributed by atoms with Crippen molar-refractivity contribution in [2.24, 2.45) is 5.10 Å². The van der Waals surface area contributed by atoms with E-state index in [4.69, 9.17) is 12.2 Å². The van der Waals surface area contributed by atoms with Crippen LogP contribution in [0.2, 0.25) is 0 Å². The molecular formula is C21H31N5O2S2. The monoisotopic (exact) mass is 449 g/mol. The molecule has 1 heterocycles. The van der Waals surface area contributed by atoms with Crippen LogP contribution in [-0.4, -0.2) is 62.9 Å². The molecule has 1 atom stereocenters. The first-order chi connectivity index (χ1) is 14.2. The number of amides is 2. The minimum absolute atomic E-state index is 0.109. The van der Waals surface area contributed by atoms with Gasteiger partial charge in [-0.2, -0.15) is 10.2 Å². The van der Waals surface area contributed by atoms with E-state index in [1.807, 2.05) is 57.1 Å². The zero-order valence-corrected chi connectivity index (χ0v) is 19.7. The first-order valence-electron chi connectivity index (χ1n) is 10.3. The number of nitrogens with one attached hydrogen (secondary N) is 1. The highest BCUT2D eigenvalue weighted by Crippen LogP contribution is 2.42. The molecule has 1 aromatic carbocycles. The fraction of sp³-hybridized carbons (Fsp3) is 0.571. The Kier molecular flexibility index (Phi) is 7.26. The van der Waals surface area contributed by atoms with Crippen LogP contribution in [0, 0.1) is 0 Å². The Hall–Kier alpha value is -1.84. The van der Waals surface area contributed by atoms with Crippen LogP contribution >= 0.6 is 24.0 Å². The largest absolute Gasteiger partial charge is 0.378 e. The zero-order chi connectivity index (χ0) is 21.9. The highest BCUT2D eigenvalue weighted by molar-refractivity contribution is 8.24. The summed E-state index contributed by atoms with van der Waals surface area (Å²) < 4.78 is 0.0117. The maximum Gasteiger partial charge on any atom is 0.343 e. The molecule has 0 bridgehead atoms. The summed E-state index contributed by atoms with van der Waals surface area (Å²) in [7, 11) is 3.98. The molecule has 1 aliphatic heterocycles. The Morgan fingerprint density at radius 3 is 2.50 bits per heavy atom. The summed E-state index contributed by atoms with van der Waals surface area (Å²) >= 11 is 6.93. The van der Waals surface area contributed by atoms with E-state index >= 15 is 0 Å². The number of urea groups is 1. The van der Waals surface area contributed by atoms with Gasteiger partial charge in [-0.25, -0.2) is 9.80 Å². The molecule has 30 heavy (non-hydrogen) atoms. The van der Waals surface area contributed by atoms with E-state index in [1.165, 1.54) is 18.2 Å². The van der Waals surface area contributed by atoms with Crippen molar-refractivity contribution in [1.82, 2.24) is 15.4 Å². The third kappa shape index (κ3) is 5.25. The van der Waals surface area contributed by atoms with Crippen LogP contribution in [-0.2, 0) is 0 Å². The number of anilines is 1. The number of thiocarbonyl (C=S) groups is 1. The minimum atomic E-state index is -0.698. The average Bonchev–Trinajstić information content (AvgIpc) is 2.94. The van der Waals surface area contributed by atoms with Gasteiger partial charge in [0.2, 0.25) is 0 Å². The molecular weight excluding hydrogens is 418 g/mol. The van der Waals surface area contributed by atoms with E-state index in [9.17, 15) is 10.0 Å². The van der Waals surface area contributed by atoms with E-state index in [2.05, 4.69) is 10.4 Å². The van der Waals surface area contributed by atoms with Gasteiger partial charge in [0.25, 0.3) is 0 Å². The van der Waals surface area contributed by atoms with Gasteiger partial charge in [0.1, 0.15) is 0 Å². The number of benzene rings is 1. The SMILES string of the molecule is CN(C)c1ccc(/C=N/N2C(=S)SC(C)(C)C2N(O)C(=O)NC2CCCCC2)cc1. The number of carbonyl (C=O) groups is 1. The van der Waals surface area contributed by atoms with E-state index in [-0.39, 0.29) is 6.04 Å². The van der Waals surface area contributed by atoms with Gasteiger partial charge < -0.3 is 10.2 Å². The third-order valence-corrected chi connectivity index (χ3v) is 7.04. The number of hydrazone groups is 1. The lowest BCUT2D eigenvalue weighted by Gasteiger charge is -2.35. The average molecular weight is 450 g/mol. The number of rotatable bonds is 5. The van der Waals surface area contributed by atoms with Gasteiger partial charge in [-0.15, -0.1) is 0 Å². The second-order valence-corrected chi connectivity index (χ2v) is 10.8. The predicted octanol–water partition coefficient (Wildman–Crippen LogP) is 4.26. The number of carbonyl (C=O) groups excluding carboxylic acids is 1. The quantitative estimate of drug-likeness (QED) is 0.303. The van der Waals surface area contributed by atoms with Crippen LogP contribution in [0.3, 0.4) is 0 Å². The van der Waals surface area contributed by atoms with Crippen molar-refractivity contribution in [3.05, 3.63) is 29.8 Å². The highest BCUT2D eigenvalue weighted by atomic mass is 32.2. The molecule has 2 aliphatic rings. The summed E-state index contributed by atoms with van der Waals surface area (Å²) in [6, 6.07) is 7.57. The van der Waals surface area contributed by atoms with Gasteiger partial charge in [0.05, 0.1) is 11.0 Å². The number of thioether (sulfide) groups is 1. The van der Waals surface area contributed by atoms with Crippen molar-refractivity contribution in [3.8, 4) is 0 Å². The maximum absolute atomic E-state index is 12.7. The van der Waals surface area contributed by atoms with E-state index in [0.717, 1.165) is 42.0 Å². The predicted molar refractivity (Wildman–Crippen MR) is 127 cm³/mol. The lowest BCUT2D eigenvalue weighted by Crippen LogP contribution is -2.57. The second-order valence-electron chi connectivity index (χ2n) is 8.55. The summed E-state index contributed by atoms with van der Waals surface area (Å²) in [6.07, 6.45) is 6.32. The second kappa shape index (κ2) is 9.53. The molecule has 9 heteroatoms. The van der Waals surface area contributed by atoms with Crippen LogP contribution in [0.1, 0.15) is 51.5 Å². The molecule has 164 valence electrons. The molecule has 1 saturated heterocycles. The summed E-state index contributed by atoms with van der Waals surface area (Å²) in [4.78, 5) is 14.8. The highest BCUT2D eigenvalue weighted by Gasteiger charge is 2.50. The van der Waals surface area contributed by atoms with Crippen molar-refractivity contribution >= 4 is 46.2 Å². The molecule has 1 saturated carbocycles. The number of hydrogen-bond donors (Lipinski definition) is 2. The van der Waals surface area contributed by atoms with Crippen LogP contribution in [0.25, 0.3) is 0 Å². The molecule has 3 rings (SSSR count). The molecule has 0 spiro atoms. The first-order valence-corrected chi connectivity index (χ1v) is 11.5. The van der Waals surface area contributed by atoms with Gasteiger partial charge in [-0.3, -0.25) is 5.21 Å². The first kappa shape index (κ1) is 22.8. The Balaban J connectivity index is 1.74. The Labute approximate surface area is 188 Å². The van der Waals surface area contributed by atoms with Crippen molar-refractivity contribution < 1.29 is 10.0 Å². The Morgan fingerprint density at radius 1 is 1.27 bits per heavy atom. The van der Waals surface area contributed by atoms with Gasteiger partial charge in [0, 0.05) is 25.8 Å². The zero-order valence-electron chi connectivity index (χ0n) is 18.0. The molecule has 2 fully saturated rings. The summed E-state index contributed by atoms with van der Waals surface area (Å²) in [5, 5.41) is 20.6. The molecule has 2 amide bonds. The van der Waals surface area contributed by atoms with Crippen LogP contribution < -0.4 is 10.2 Å². The number of nitrogens with zero attached hydrogens (tertiary/aromatic N) is 4. The molecule has 1 aromatic rings. The lowest BCUT2D eigenvalue weighted by molar-refractivity contribution is -0.119. The molecule has 7 nitrogen and oxygen atoms in total. The van der Waals surface area contributed by atoms with Crippen LogP contribution in [0.4, 0.5) is 10.5 Å². The third-order valence-electron chi connectivity index (χ3n) is 5.50. The molecule has 0 aromatic heterocycles. The van der Waals surface area contributed by atoms with E-state index < -0.39 is 16.9 Å². The Morgan fingerprint density at radius 2 is 1.90 bits per heavy atom. The van der Waals surface area contributed by atoms with Crippen molar-refractivity contribution in [2.75, 3.05) is 19.0 Å².